The maximum atomic E-state index is 13.1. The van der Waals surface area contributed by atoms with Crippen LogP contribution < -0.4 is 5.32 Å². The summed E-state index contributed by atoms with van der Waals surface area (Å²) in [7, 11) is 0. The van der Waals surface area contributed by atoms with Crippen LogP contribution in [0.2, 0.25) is 0 Å². The van der Waals surface area contributed by atoms with Crippen molar-refractivity contribution in [2.45, 2.75) is 44.1 Å². The summed E-state index contributed by atoms with van der Waals surface area (Å²) in [6.07, 6.45) is 3.49. The Morgan fingerprint density at radius 3 is 2.67 bits per heavy atom. The van der Waals surface area contributed by atoms with Crippen molar-refractivity contribution < 1.29 is 9.18 Å². The molecule has 4 heteroatoms. The van der Waals surface area contributed by atoms with Gasteiger partial charge in [-0.05, 0) is 35.2 Å². The fourth-order valence-corrected chi connectivity index (χ4v) is 2.13. The maximum Gasteiger partial charge on any atom is 0.222 e. The Morgan fingerprint density at radius 2 is 2.20 bits per heavy atom. The van der Waals surface area contributed by atoms with Gasteiger partial charge in [0.1, 0.15) is 0 Å². The Hall–Kier alpha value is -0.120. The van der Waals surface area contributed by atoms with E-state index in [2.05, 4.69) is 21.2 Å². The summed E-state index contributed by atoms with van der Waals surface area (Å²) in [6.45, 7) is 4.47. The van der Waals surface area contributed by atoms with Crippen LogP contribution >= 0.6 is 15.9 Å². The van der Waals surface area contributed by atoms with Gasteiger partial charge in [-0.3, -0.25) is 4.79 Å². The van der Waals surface area contributed by atoms with Crippen molar-refractivity contribution in [3.8, 4) is 0 Å². The van der Waals surface area contributed by atoms with Crippen LogP contribution in [0, 0.1) is 11.8 Å². The molecule has 88 valence electrons. The van der Waals surface area contributed by atoms with Crippen molar-refractivity contribution >= 4 is 21.8 Å². The first-order valence-electron chi connectivity index (χ1n) is 5.59. The van der Waals surface area contributed by atoms with Crippen LogP contribution in [0.3, 0.4) is 0 Å². The number of nitrogens with one attached hydrogen (secondary N) is 1. The average Bonchev–Trinajstić information content (AvgIpc) is 2.73. The van der Waals surface area contributed by atoms with E-state index in [1.54, 1.807) is 0 Å². The number of alkyl halides is 2. The summed E-state index contributed by atoms with van der Waals surface area (Å²) in [5, 5.41) is 2.85. The van der Waals surface area contributed by atoms with Gasteiger partial charge in [0.2, 0.25) is 5.91 Å². The Kier molecular flexibility index (Phi) is 4.56. The molecule has 0 bridgehead atoms. The van der Waals surface area contributed by atoms with E-state index in [4.69, 9.17) is 0 Å². The standard InChI is InChI=1S/C11H19BrFNO/c1-8(2)10(15)14-6-4-3-5-9-7-11(9,12)13/h8-9H,3-7H2,1-2H3,(H,14,15). The molecule has 1 N–H and O–H groups in total. The number of carbonyl (C=O) groups is 1. The van der Waals surface area contributed by atoms with E-state index in [9.17, 15) is 9.18 Å². The maximum absolute atomic E-state index is 13.1. The smallest absolute Gasteiger partial charge is 0.222 e. The Labute approximate surface area is 99.1 Å². The fourth-order valence-electron chi connectivity index (χ4n) is 1.51. The number of unbranched alkanes of at least 4 members (excludes halogenated alkanes) is 1. The van der Waals surface area contributed by atoms with Crippen molar-refractivity contribution in [3.63, 3.8) is 0 Å². The molecule has 1 fully saturated rings. The second-order valence-electron chi connectivity index (χ2n) is 4.60. The molecule has 1 amide bonds. The fraction of sp³-hybridized carbons (Fsp3) is 0.909. The van der Waals surface area contributed by atoms with Gasteiger partial charge in [0.15, 0.2) is 4.58 Å². The van der Waals surface area contributed by atoms with E-state index in [0.717, 1.165) is 19.3 Å². The van der Waals surface area contributed by atoms with Gasteiger partial charge < -0.3 is 5.32 Å². The first-order valence-corrected chi connectivity index (χ1v) is 6.38. The number of amides is 1. The zero-order valence-electron chi connectivity index (χ0n) is 9.35. The van der Waals surface area contributed by atoms with Crippen molar-refractivity contribution in [2.24, 2.45) is 11.8 Å². The molecular formula is C11H19BrFNO. The van der Waals surface area contributed by atoms with Gasteiger partial charge in [0, 0.05) is 18.4 Å². The molecule has 2 nitrogen and oxygen atoms in total. The average molecular weight is 280 g/mol. The Morgan fingerprint density at radius 1 is 1.60 bits per heavy atom. The van der Waals surface area contributed by atoms with Gasteiger partial charge in [0.05, 0.1) is 0 Å². The number of carbonyl (C=O) groups excluding carboxylic acids is 1. The lowest BCUT2D eigenvalue weighted by Crippen LogP contribution is -2.28. The third-order valence-corrected chi connectivity index (χ3v) is 3.73. The molecule has 1 aliphatic rings. The molecule has 2 unspecified atom stereocenters. The molecule has 0 radical (unpaired) electrons. The monoisotopic (exact) mass is 279 g/mol. The largest absolute Gasteiger partial charge is 0.356 e. The van der Waals surface area contributed by atoms with E-state index in [-0.39, 0.29) is 17.7 Å². The molecule has 1 aliphatic carbocycles. The first-order chi connectivity index (χ1) is 6.93. The van der Waals surface area contributed by atoms with Crippen molar-refractivity contribution in [1.82, 2.24) is 5.32 Å². The second kappa shape index (κ2) is 5.28. The molecule has 1 rings (SSSR count). The highest BCUT2D eigenvalue weighted by Crippen LogP contribution is 2.54. The molecule has 2 atom stereocenters. The molecule has 0 heterocycles. The van der Waals surface area contributed by atoms with E-state index >= 15 is 0 Å². The van der Waals surface area contributed by atoms with Crippen LogP contribution in [0.25, 0.3) is 0 Å². The molecule has 0 spiro atoms. The van der Waals surface area contributed by atoms with Crippen LogP contribution in [-0.4, -0.2) is 17.0 Å². The lowest BCUT2D eigenvalue weighted by molar-refractivity contribution is -0.123. The summed E-state index contributed by atoms with van der Waals surface area (Å²) in [5.74, 6) is 0.342. The zero-order chi connectivity index (χ0) is 11.5. The zero-order valence-corrected chi connectivity index (χ0v) is 10.9. The molecule has 0 aliphatic heterocycles. The van der Waals surface area contributed by atoms with Crippen LogP contribution in [0.5, 0.6) is 0 Å². The minimum Gasteiger partial charge on any atom is -0.356 e. The number of hydrogen-bond acceptors (Lipinski definition) is 1. The van der Waals surface area contributed by atoms with Crippen molar-refractivity contribution in [2.75, 3.05) is 6.54 Å². The normalized spacial score (nSPS) is 29.3. The van der Waals surface area contributed by atoms with Crippen LogP contribution in [0.1, 0.15) is 39.5 Å². The third kappa shape index (κ3) is 4.49. The summed E-state index contributed by atoms with van der Waals surface area (Å²) in [4.78, 5) is 11.2. The lowest BCUT2D eigenvalue weighted by atomic mass is 10.1. The van der Waals surface area contributed by atoms with Gasteiger partial charge in [-0.15, -0.1) is 0 Å². The summed E-state index contributed by atoms with van der Waals surface area (Å²) < 4.78 is 12.0. The minimum atomic E-state index is -1.08. The highest BCUT2D eigenvalue weighted by molar-refractivity contribution is 9.10. The van der Waals surface area contributed by atoms with Gasteiger partial charge in [-0.25, -0.2) is 4.39 Å². The molecule has 0 saturated heterocycles. The minimum absolute atomic E-state index is 0.0504. The number of hydrogen-bond donors (Lipinski definition) is 1. The van der Waals surface area contributed by atoms with E-state index in [1.165, 1.54) is 0 Å². The molecule has 0 aromatic rings. The molecule has 0 aromatic heterocycles. The summed E-state index contributed by atoms with van der Waals surface area (Å²) >= 11 is 3.03. The number of rotatable bonds is 6. The summed E-state index contributed by atoms with van der Waals surface area (Å²) in [6, 6.07) is 0. The van der Waals surface area contributed by atoms with Gasteiger partial charge in [0.25, 0.3) is 0 Å². The topological polar surface area (TPSA) is 29.1 Å². The molecule has 15 heavy (non-hydrogen) atoms. The van der Waals surface area contributed by atoms with E-state index in [0.29, 0.717) is 13.0 Å². The molecule has 1 saturated carbocycles. The van der Waals surface area contributed by atoms with E-state index < -0.39 is 4.58 Å². The van der Waals surface area contributed by atoms with Crippen LogP contribution in [-0.2, 0) is 4.79 Å². The predicted molar refractivity (Wildman–Crippen MR) is 62.6 cm³/mol. The molecular weight excluding hydrogens is 261 g/mol. The quantitative estimate of drug-likeness (QED) is 0.588. The second-order valence-corrected chi connectivity index (χ2v) is 5.92. The molecule has 0 aromatic carbocycles. The van der Waals surface area contributed by atoms with Crippen molar-refractivity contribution in [3.05, 3.63) is 0 Å². The van der Waals surface area contributed by atoms with E-state index in [1.807, 2.05) is 13.8 Å². The van der Waals surface area contributed by atoms with Crippen molar-refractivity contribution in [1.29, 1.82) is 0 Å². The lowest BCUT2D eigenvalue weighted by Gasteiger charge is -2.07. The SMILES string of the molecule is CC(C)C(=O)NCCCCC1CC1(F)Br. The number of halogens is 2. The highest BCUT2D eigenvalue weighted by atomic mass is 79.9. The van der Waals surface area contributed by atoms with Crippen LogP contribution in [0.4, 0.5) is 4.39 Å². The predicted octanol–water partition coefficient (Wildman–Crippen LogP) is 3.01. The first kappa shape index (κ1) is 12.9. The van der Waals surface area contributed by atoms with Gasteiger partial charge in [-0.2, -0.15) is 0 Å². The Balaban J connectivity index is 1.92. The van der Waals surface area contributed by atoms with Crippen LogP contribution in [0.15, 0.2) is 0 Å². The third-order valence-electron chi connectivity index (χ3n) is 2.76. The van der Waals surface area contributed by atoms with Gasteiger partial charge >= 0.3 is 0 Å². The van der Waals surface area contributed by atoms with Gasteiger partial charge in [-0.1, -0.05) is 20.3 Å². The highest BCUT2D eigenvalue weighted by Gasteiger charge is 2.52. The Bertz CT molecular complexity index is 231. The summed E-state index contributed by atoms with van der Waals surface area (Å²) in [5.41, 5.74) is 0.